The van der Waals surface area contributed by atoms with Crippen molar-refractivity contribution in [3.8, 4) is 0 Å². The van der Waals surface area contributed by atoms with Crippen LogP contribution in [0.2, 0.25) is 0 Å². The molecule has 174 valence electrons. The number of nitrogens with one attached hydrogen (secondary N) is 3. The van der Waals surface area contributed by atoms with E-state index in [1.54, 1.807) is 0 Å². The minimum absolute atomic E-state index is 0. The molecule has 1 amide bonds. The maximum atomic E-state index is 12.1. The van der Waals surface area contributed by atoms with Gasteiger partial charge in [-0.3, -0.25) is 14.7 Å². The molecule has 0 radical (unpaired) electrons. The fourth-order valence-electron chi connectivity index (χ4n) is 5.25. The van der Waals surface area contributed by atoms with E-state index in [1.165, 1.54) is 57.8 Å². The van der Waals surface area contributed by atoms with Crippen LogP contribution in [-0.2, 0) is 9.53 Å². The number of amides is 1. The maximum absolute atomic E-state index is 12.1. The summed E-state index contributed by atoms with van der Waals surface area (Å²) in [7, 11) is 1.82. The van der Waals surface area contributed by atoms with E-state index in [-0.39, 0.29) is 35.4 Å². The van der Waals surface area contributed by atoms with Crippen molar-refractivity contribution in [3.63, 3.8) is 0 Å². The molecule has 30 heavy (non-hydrogen) atoms. The molecule has 1 saturated heterocycles. The average Bonchev–Trinajstić information content (AvgIpc) is 3.27. The number of aliphatic imine (C=N–C) groups is 1. The van der Waals surface area contributed by atoms with Crippen molar-refractivity contribution in [2.24, 2.45) is 10.9 Å². The zero-order chi connectivity index (χ0) is 20.4. The maximum Gasteiger partial charge on any atom is 0.220 e. The summed E-state index contributed by atoms with van der Waals surface area (Å²) >= 11 is 0. The van der Waals surface area contributed by atoms with E-state index in [4.69, 9.17) is 4.74 Å². The summed E-state index contributed by atoms with van der Waals surface area (Å²) in [5, 5.41) is 9.97. The zero-order valence-corrected chi connectivity index (χ0v) is 21.0. The molecule has 0 aromatic rings. The molecule has 1 aliphatic heterocycles. The molecular weight excluding hydrogens is 493 g/mol. The number of nitrogens with zero attached hydrogens (tertiary/aromatic N) is 2. The van der Waals surface area contributed by atoms with E-state index in [0.29, 0.717) is 25.4 Å². The zero-order valence-electron chi connectivity index (χ0n) is 18.7. The number of carbonyl (C=O) groups is 1. The SMILES string of the molecule is CN=C(NCCNC(=O)CC1CCCC1)NCC1(N2CCOCC2)CCCCC1.I. The van der Waals surface area contributed by atoms with Gasteiger partial charge in [-0.05, 0) is 31.6 Å². The Morgan fingerprint density at radius 2 is 1.67 bits per heavy atom. The Balaban J connectivity index is 0.00000320. The Hall–Kier alpha value is -0.610. The van der Waals surface area contributed by atoms with Gasteiger partial charge in [-0.15, -0.1) is 24.0 Å². The van der Waals surface area contributed by atoms with E-state index in [2.05, 4.69) is 25.8 Å². The van der Waals surface area contributed by atoms with Crippen molar-refractivity contribution in [3.05, 3.63) is 0 Å². The van der Waals surface area contributed by atoms with Crippen LogP contribution in [0.1, 0.15) is 64.2 Å². The second kappa shape index (κ2) is 13.7. The summed E-state index contributed by atoms with van der Waals surface area (Å²) in [6.07, 6.45) is 12.1. The molecule has 0 aromatic carbocycles. The summed E-state index contributed by atoms with van der Waals surface area (Å²) in [5.74, 6) is 1.62. The molecule has 3 fully saturated rings. The summed E-state index contributed by atoms with van der Waals surface area (Å²) < 4.78 is 5.58. The van der Waals surface area contributed by atoms with Crippen molar-refractivity contribution in [2.45, 2.75) is 69.7 Å². The van der Waals surface area contributed by atoms with Gasteiger partial charge in [-0.1, -0.05) is 32.1 Å². The van der Waals surface area contributed by atoms with Crippen molar-refractivity contribution in [1.82, 2.24) is 20.9 Å². The highest BCUT2D eigenvalue weighted by Crippen LogP contribution is 2.33. The Bertz CT molecular complexity index is 528. The Morgan fingerprint density at radius 1 is 1.00 bits per heavy atom. The van der Waals surface area contributed by atoms with E-state index in [1.807, 2.05) is 7.05 Å². The van der Waals surface area contributed by atoms with Crippen LogP contribution in [0.15, 0.2) is 4.99 Å². The van der Waals surface area contributed by atoms with Gasteiger partial charge in [0.1, 0.15) is 0 Å². The molecule has 3 rings (SSSR count). The molecule has 0 spiro atoms. The van der Waals surface area contributed by atoms with E-state index < -0.39 is 0 Å². The Morgan fingerprint density at radius 3 is 2.33 bits per heavy atom. The van der Waals surface area contributed by atoms with Crippen LogP contribution in [0, 0.1) is 5.92 Å². The average molecular weight is 536 g/mol. The molecule has 1 heterocycles. The predicted octanol–water partition coefficient (Wildman–Crippen LogP) is 2.50. The predicted molar refractivity (Wildman–Crippen MR) is 133 cm³/mol. The van der Waals surface area contributed by atoms with Gasteiger partial charge in [0.05, 0.1) is 13.2 Å². The lowest BCUT2D eigenvalue weighted by atomic mass is 9.80. The van der Waals surface area contributed by atoms with E-state index in [0.717, 1.165) is 38.8 Å². The number of morpholine rings is 1. The van der Waals surface area contributed by atoms with Gasteiger partial charge in [0.15, 0.2) is 5.96 Å². The number of carbonyl (C=O) groups excluding carboxylic acids is 1. The van der Waals surface area contributed by atoms with Crippen LogP contribution >= 0.6 is 24.0 Å². The summed E-state index contributed by atoms with van der Waals surface area (Å²) in [4.78, 5) is 19.1. The fourth-order valence-corrected chi connectivity index (χ4v) is 5.25. The molecule has 0 unspecified atom stereocenters. The second-order valence-corrected chi connectivity index (χ2v) is 8.94. The topological polar surface area (TPSA) is 78.0 Å². The molecular formula is C22H42IN5O2. The molecule has 3 aliphatic rings. The largest absolute Gasteiger partial charge is 0.379 e. The van der Waals surface area contributed by atoms with Gasteiger partial charge >= 0.3 is 0 Å². The van der Waals surface area contributed by atoms with Crippen LogP contribution in [-0.4, -0.2) is 75.3 Å². The first-order chi connectivity index (χ1) is 14.2. The van der Waals surface area contributed by atoms with Crippen molar-refractivity contribution in [2.75, 3.05) is 53.0 Å². The monoisotopic (exact) mass is 535 g/mol. The standard InChI is InChI=1S/C22H41N5O2.HI/c1-23-21(25-12-11-24-20(28)17-19-7-3-4-8-19)26-18-22(9-5-2-6-10-22)27-13-15-29-16-14-27;/h19H,2-18H2,1H3,(H,24,28)(H2,23,25,26);1H. The normalized spacial score (nSPS) is 22.9. The number of halogens is 1. The highest BCUT2D eigenvalue weighted by molar-refractivity contribution is 14.0. The number of hydrogen-bond acceptors (Lipinski definition) is 4. The van der Waals surface area contributed by atoms with Gasteiger partial charge in [0, 0.05) is 51.7 Å². The molecule has 2 aliphatic carbocycles. The molecule has 0 aromatic heterocycles. The van der Waals surface area contributed by atoms with Gasteiger partial charge in [-0.2, -0.15) is 0 Å². The Labute approximate surface area is 199 Å². The number of ether oxygens (including phenoxy) is 1. The highest BCUT2D eigenvalue weighted by atomic mass is 127. The smallest absolute Gasteiger partial charge is 0.220 e. The van der Waals surface area contributed by atoms with Crippen molar-refractivity contribution >= 4 is 35.8 Å². The quantitative estimate of drug-likeness (QED) is 0.193. The third-order valence-electron chi connectivity index (χ3n) is 6.96. The molecule has 8 heteroatoms. The van der Waals surface area contributed by atoms with E-state index >= 15 is 0 Å². The highest BCUT2D eigenvalue weighted by Gasteiger charge is 2.38. The minimum atomic E-state index is 0. The number of rotatable bonds is 8. The van der Waals surface area contributed by atoms with E-state index in [9.17, 15) is 4.79 Å². The van der Waals surface area contributed by atoms with Crippen LogP contribution in [0.3, 0.4) is 0 Å². The van der Waals surface area contributed by atoms with Crippen LogP contribution < -0.4 is 16.0 Å². The molecule has 7 nitrogen and oxygen atoms in total. The molecule has 2 saturated carbocycles. The third kappa shape index (κ3) is 7.82. The van der Waals surface area contributed by atoms with Crippen LogP contribution in [0.25, 0.3) is 0 Å². The van der Waals surface area contributed by atoms with Gasteiger partial charge in [0.2, 0.25) is 5.91 Å². The summed E-state index contributed by atoms with van der Waals surface area (Å²) in [6.45, 7) is 5.99. The molecule has 0 atom stereocenters. The second-order valence-electron chi connectivity index (χ2n) is 8.94. The van der Waals surface area contributed by atoms with Crippen molar-refractivity contribution in [1.29, 1.82) is 0 Å². The lowest BCUT2D eigenvalue weighted by Gasteiger charge is -2.48. The lowest BCUT2D eigenvalue weighted by molar-refractivity contribution is -0.121. The number of guanidine groups is 1. The van der Waals surface area contributed by atoms with Gasteiger partial charge in [0.25, 0.3) is 0 Å². The molecule has 0 bridgehead atoms. The Kier molecular flexibility index (Phi) is 11.7. The van der Waals surface area contributed by atoms with Crippen LogP contribution in [0.4, 0.5) is 0 Å². The first-order valence-corrected chi connectivity index (χ1v) is 11.8. The first kappa shape index (κ1) is 25.6. The lowest BCUT2D eigenvalue weighted by Crippen LogP contribution is -2.60. The minimum Gasteiger partial charge on any atom is -0.379 e. The van der Waals surface area contributed by atoms with Gasteiger partial charge < -0.3 is 20.7 Å². The summed E-state index contributed by atoms with van der Waals surface area (Å²) in [5.41, 5.74) is 0.217. The summed E-state index contributed by atoms with van der Waals surface area (Å²) in [6, 6.07) is 0. The van der Waals surface area contributed by atoms with Crippen LogP contribution in [0.5, 0.6) is 0 Å². The fraction of sp³-hybridized carbons (Fsp3) is 0.909. The first-order valence-electron chi connectivity index (χ1n) is 11.8. The van der Waals surface area contributed by atoms with Crippen molar-refractivity contribution < 1.29 is 9.53 Å². The third-order valence-corrected chi connectivity index (χ3v) is 6.96. The number of hydrogen-bond donors (Lipinski definition) is 3. The van der Waals surface area contributed by atoms with Gasteiger partial charge in [-0.25, -0.2) is 0 Å². The molecule has 3 N–H and O–H groups in total.